The summed E-state index contributed by atoms with van der Waals surface area (Å²) in [6, 6.07) is 8.74. The number of carbonyl (C=O) groups excluding carboxylic acids is 1. The molecule has 0 amide bonds. The van der Waals surface area contributed by atoms with E-state index in [0.717, 1.165) is 5.56 Å². The molecule has 0 saturated carbocycles. The number of nitrogens with two attached hydrogens (primary N) is 1. The van der Waals surface area contributed by atoms with Crippen molar-refractivity contribution in [3.63, 3.8) is 0 Å². The van der Waals surface area contributed by atoms with Crippen LogP contribution in [0, 0.1) is 0 Å². The molecule has 1 atom stereocenters. The molecular weight excluding hydrogens is 230 g/mol. The van der Waals surface area contributed by atoms with E-state index in [4.69, 9.17) is 15.2 Å². The summed E-state index contributed by atoms with van der Waals surface area (Å²) in [6.07, 6.45) is 0. The van der Waals surface area contributed by atoms with E-state index in [1.54, 1.807) is 0 Å². The average Bonchev–Trinajstić information content (AvgIpc) is 2.33. The zero-order valence-corrected chi connectivity index (χ0v) is 11.2. The first kappa shape index (κ1) is 14.7. The Balaban J connectivity index is 2.32. The highest BCUT2D eigenvalue weighted by Crippen LogP contribution is 2.07. The first-order valence-electron chi connectivity index (χ1n) is 5.98. The molecule has 4 nitrogen and oxygen atoms in total. The molecule has 100 valence electrons. The molecule has 1 aromatic carbocycles. The van der Waals surface area contributed by atoms with Gasteiger partial charge in [-0.15, -0.1) is 0 Å². The fraction of sp³-hybridized carbons (Fsp3) is 0.500. The third-order valence-electron chi connectivity index (χ3n) is 2.22. The van der Waals surface area contributed by atoms with Crippen molar-refractivity contribution in [3.8, 4) is 0 Å². The lowest BCUT2D eigenvalue weighted by Crippen LogP contribution is -2.39. The molecule has 0 aliphatic carbocycles. The van der Waals surface area contributed by atoms with Crippen molar-refractivity contribution in [1.82, 2.24) is 0 Å². The maximum Gasteiger partial charge on any atom is 0.325 e. The molecule has 0 spiro atoms. The van der Waals surface area contributed by atoms with Crippen LogP contribution in [0.3, 0.4) is 0 Å². The number of ether oxygens (including phenoxy) is 2. The lowest BCUT2D eigenvalue weighted by Gasteiger charge is -2.21. The van der Waals surface area contributed by atoms with Crippen molar-refractivity contribution < 1.29 is 14.3 Å². The Bertz CT molecular complexity index is 370. The zero-order chi connectivity index (χ0) is 13.6. The molecule has 0 aliphatic heterocycles. The van der Waals surface area contributed by atoms with E-state index in [-0.39, 0.29) is 18.8 Å². The van der Waals surface area contributed by atoms with Gasteiger partial charge in [0.25, 0.3) is 0 Å². The van der Waals surface area contributed by atoms with Crippen LogP contribution in [0.15, 0.2) is 30.3 Å². The van der Waals surface area contributed by atoms with Crippen LogP contribution < -0.4 is 5.73 Å². The Morgan fingerprint density at radius 2 is 1.89 bits per heavy atom. The van der Waals surface area contributed by atoms with E-state index < -0.39 is 12.0 Å². The summed E-state index contributed by atoms with van der Waals surface area (Å²) in [4.78, 5) is 11.6. The van der Waals surface area contributed by atoms with Crippen LogP contribution in [0.4, 0.5) is 0 Å². The second-order valence-electron chi connectivity index (χ2n) is 5.12. The summed E-state index contributed by atoms with van der Waals surface area (Å²) in [5.41, 5.74) is 6.32. The number of hydrogen-bond donors (Lipinski definition) is 1. The Morgan fingerprint density at radius 1 is 1.28 bits per heavy atom. The average molecular weight is 251 g/mol. The normalized spacial score (nSPS) is 13.1. The van der Waals surface area contributed by atoms with Crippen LogP contribution in [-0.4, -0.2) is 24.2 Å². The summed E-state index contributed by atoms with van der Waals surface area (Å²) in [5, 5.41) is 0. The highest BCUT2D eigenvalue weighted by Gasteiger charge is 2.19. The first-order valence-corrected chi connectivity index (χ1v) is 5.98. The molecule has 0 fully saturated rings. The van der Waals surface area contributed by atoms with Gasteiger partial charge in [-0.2, -0.15) is 0 Å². The van der Waals surface area contributed by atoms with Crippen molar-refractivity contribution in [1.29, 1.82) is 0 Å². The Labute approximate surface area is 108 Å². The van der Waals surface area contributed by atoms with Crippen molar-refractivity contribution in [3.05, 3.63) is 35.9 Å². The highest BCUT2D eigenvalue weighted by molar-refractivity contribution is 5.75. The molecule has 2 N–H and O–H groups in total. The molecule has 0 aromatic heterocycles. The molecule has 1 aromatic rings. The van der Waals surface area contributed by atoms with E-state index in [1.165, 1.54) is 0 Å². The van der Waals surface area contributed by atoms with Crippen LogP contribution >= 0.6 is 0 Å². The molecule has 0 heterocycles. The predicted molar refractivity (Wildman–Crippen MR) is 69.9 cm³/mol. The van der Waals surface area contributed by atoms with Gasteiger partial charge in [0.1, 0.15) is 12.6 Å². The fourth-order valence-corrected chi connectivity index (χ4v) is 1.24. The smallest absolute Gasteiger partial charge is 0.325 e. The number of hydrogen-bond acceptors (Lipinski definition) is 4. The quantitative estimate of drug-likeness (QED) is 0.812. The molecule has 0 radical (unpaired) electrons. The van der Waals surface area contributed by atoms with Gasteiger partial charge in [0, 0.05) is 0 Å². The summed E-state index contributed by atoms with van der Waals surface area (Å²) in [7, 11) is 0. The van der Waals surface area contributed by atoms with E-state index in [2.05, 4.69) is 0 Å². The summed E-state index contributed by atoms with van der Waals surface area (Å²) in [5.74, 6) is -0.442. The third-order valence-corrected chi connectivity index (χ3v) is 2.22. The van der Waals surface area contributed by atoms with E-state index >= 15 is 0 Å². The molecule has 0 saturated heterocycles. The molecular formula is C14H21NO3. The Hall–Kier alpha value is -1.39. The predicted octanol–water partition coefficient (Wildman–Crippen LogP) is 1.87. The molecule has 0 bridgehead atoms. The SMILES string of the molecule is CC(C)(C)OC[C@@H](N)C(=O)OCc1ccccc1. The molecule has 0 unspecified atom stereocenters. The van der Waals surface area contributed by atoms with Gasteiger partial charge in [-0.1, -0.05) is 30.3 Å². The number of benzene rings is 1. The monoisotopic (exact) mass is 251 g/mol. The summed E-state index contributed by atoms with van der Waals surface area (Å²) in [6.45, 7) is 6.14. The molecule has 18 heavy (non-hydrogen) atoms. The van der Waals surface area contributed by atoms with Crippen molar-refractivity contribution >= 4 is 5.97 Å². The third kappa shape index (κ3) is 5.80. The minimum absolute atomic E-state index is 0.164. The van der Waals surface area contributed by atoms with Gasteiger partial charge < -0.3 is 15.2 Å². The van der Waals surface area contributed by atoms with E-state index in [0.29, 0.717) is 0 Å². The zero-order valence-electron chi connectivity index (χ0n) is 11.2. The minimum atomic E-state index is -0.743. The van der Waals surface area contributed by atoms with Gasteiger partial charge in [0.2, 0.25) is 0 Å². The summed E-state index contributed by atoms with van der Waals surface area (Å²) >= 11 is 0. The second kappa shape index (κ2) is 6.52. The van der Waals surface area contributed by atoms with Crippen LogP contribution in [0.5, 0.6) is 0 Å². The maximum atomic E-state index is 11.6. The van der Waals surface area contributed by atoms with Gasteiger partial charge in [-0.25, -0.2) is 0 Å². The van der Waals surface area contributed by atoms with Crippen LogP contribution in [0.1, 0.15) is 26.3 Å². The number of rotatable bonds is 5. The van der Waals surface area contributed by atoms with Gasteiger partial charge >= 0.3 is 5.97 Å². The lowest BCUT2D eigenvalue weighted by molar-refractivity contribution is -0.149. The van der Waals surface area contributed by atoms with Gasteiger partial charge in [-0.05, 0) is 26.3 Å². The maximum absolute atomic E-state index is 11.6. The minimum Gasteiger partial charge on any atom is -0.460 e. The van der Waals surface area contributed by atoms with E-state index in [9.17, 15) is 4.79 Å². The Morgan fingerprint density at radius 3 is 2.44 bits per heavy atom. The van der Waals surface area contributed by atoms with Gasteiger partial charge in [0.05, 0.1) is 12.2 Å². The number of esters is 1. The molecule has 4 heteroatoms. The van der Waals surface area contributed by atoms with Crippen molar-refractivity contribution in [2.24, 2.45) is 5.73 Å². The lowest BCUT2D eigenvalue weighted by atomic mass is 10.2. The summed E-state index contributed by atoms with van der Waals surface area (Å²) < 4.78 is 10.5. The number of carbonyl (C=O) groups is 1. The van der Waals surface area contributed by atoms with Crippen LogP contribution in [-0.2, 0) is 20.9 Å². The highest BCUT2D eigenvalue weighted by atomic mass is 16.5. The largest absolute Gasteiger partial charge is 0.460 e. The first-order chi connectivity index (χ1) is 8.38. The topological polar surface area (TPSA) is 61.5 Å². The van der Waals surface area contributed by atoms with E-state index in [1.807, 2.05) is 51.1 Å². The second-order valence-corrected chi connectivity index (χ2v) is 5.12. The Kier molecular flexibility index (Phi) is 5.31. The fourth-order valence-electron chi connectivity index (χ4n) is 1.24. The standard InChI is InChI=1S/C14H21NO3/c1-14(2,3)18-10-12(15)13(16)17-9-11-7-5-4-6-8-11/h4-8,12H,9-10,15H2,1-3H3/t12-/m1/s1. The van der Waals surface area contributed by atoms with Gasteiger partial charge in [0.15, 0.2) is 0 Å². The molecule has 1 rings (SSSR count). The van der Waals surface area contributed by atoms with Crippen molar-refractivity contribution in [2.75, 3.05) is 6.61 Å². The van der Waals surface area contributed by atoms with Gasteiger partial charge in [-0.3, -0.25) is 4.79 Å². The van der Waals surface area contributed by atoms with Crippen LogP contribution in [0.2, 0.25) is 0 Å². The van der Waals surface area contributed by atoms with Crippen LogP contribution in [0.25, 0.3) is 0 Å². The molecule has 0 aliphatic rings. The van der Waals surface area contributed by atoms with Crippen molar-refractivity contribution in [2.45, 2.75) is 39.0 Å².